The molecular weight excluding hydrogens is 524 g/mol. The summed E-state index contributed by atoms with van der Waals surface area (Å²) in [5.74, 6) is -1.98. The minimum absolute atomic E-state index is 0.156. The van der Waals surface area contributed by atoms with E-state index in [1.54, 1.807) is 16.8 Å². The summed E-state index contributed by atoms with van der Waals surface area (Å²) in [5.41, 5.74) is 6.49. The van der Waals surface area contributed by atoms with Gasteiger partial charge in [0.2, 0.25) is 5.69 Å². The number of nitrogen functional groups attached to an aromatic ring is 1. The van der Waals surface area contributed by atoms with Gasteiger partial charge in [0, 0.05) is 22.8 Å². The number of carbonyl (C=O) groups is 3. The molecule has 0 aliphatic carbocycles. The first-order chi connectivity index (χ1) is 17.9. The zero-order valence-corrected chi connectivity index (χ0v) is 20.7. The molecule has 3 aromatic heterocycles. The van der Waals surface area contributed by atoms with Gasteiger partial charge in [-0.25, -0.2) is 14.5 Å². The highest BCUT2D eigenvalue weighted by Crippen LogP contribution is 2.40. The lowest BCUT2D eigenvalue weighted by atomic mass is 10.0. The van der Waals surface area contributed by atoms with Gasteiger partial charge in [0.25, 0.3) is 18.1 Å². The molecule has 2 aliphatic rings. The SMILES string of the molecule is CON=C(C(=O)NC1C(=O)N2C(C(=O)[O-])=C(C[n+]3ccc(-c4cnco4)nc3)CSC12)c1csc(N)n1. The predicted octanol–water partition coefficient (Wildman–Crippen LogP) is -1.48. The van der Waals surface area contributed by atoms with Crippen LogP contribution in [0.5, 0.6) is 0 Å². The Morgan fingerprint density at radius 1 is 1.46 bits per heavy atom. The number of anilines is 1. The molecule has 0 radical (unpaired) electrons. The molecule has 190 valence electrons. The van der Waals surface area contributed by atoms with Crippen LogP contribution in [0, 0.1) is 0 Å². The second kappa shape index (κ2) is 9.98. The molecule has 5 heterocycles. The number of thioether (sulfide) groups is 1. The van der Waals surface area contributed by atoms with Gasteiger partial charge in [0.05, 0.1) is 24.1 Å². The van der Waals surface area contributed by atoms with Crippen molar-refractivity contribution >= 4 is 51.7 Å². The molecule has 0 spiro atoms. The van der Waals surface area contributed by atoms with E-state index in [2.05, 4.69) is 25.4 Å². The van der Waals surface area contributed by atoms with Crippen LogP contribution in [0.15, 0.2) is 57.4 Å². The monoisotopic (exact) mass is 542 g/mol. The van der Waals surface area contributed by atoms with Gasteiger partial charge in [0.15, 0.2) is 23.0 Å². The van der Waals surface area contributed by atoms with Gasteiger partial charge in [-0.2, -0.15) is 0 Å². The largest absolute Gasteiger partial charge is 0.543 e. The summed E-state index contributed by atoms with van der Waals surface area (Å²) in [6.07, 6.45) is 6.06. The van der Waals surface area contributed by atoms with E-state index in [-0.39, 0.29) is 28.8 Å². The topological polar surface area (TPSA) is 193 Å². The van der Waals surface area contributed by atoms with Gasteiger partial charge in [-0.05, 0) is 4.98 Å². The number of rotatable bonds is 8. The van der Waals surface area contributed by atoms with Gasteiger partial charge in [-0.1, -0.05) is 5.16 Å². The Morgan fingerprint density at radius 3 is 2.92 bits per heavy atom. The van der Waals surface area contributed by atoms with Crippen LogP contribution in [0.1, 0.15) is 5.69 Å². The number of oxazole rings is 1. The number of fused-ring (bicyclic) bond motifs is 1. The summed E-state index contributed by atoms with van der Waals surface area (Å²) in [7, 11) is 1.27. The van der Waals surface area contributed by atoms with Crippen LogP contribution in [-0.2, 0) is 25.8 Å². The highest BCUT2D eigenvalue weighted by atomic mass is 32.2. The predicted molar refractivity (Wildman–Crippen MR) is 127 cm³/mol. The molecule has 3 aromatic rings. The molecule has 37 heavy (non-hydrogen) atoms. The highest BCUT2D eigenvalue weighted by molar-refractivity contribution is 8.00. The van der Waals surface area contributed by atoms with Crippen molar-refractivity contribution in [1.29, 1.82) is 0 Å². The molecule has 2 atom stereocenters. The fourth-order valence-electron chi connectivity index (χ4n) is 3.88. The molecule has 1 saturated heterocycles. The maximum absolute atomic E-state index is 13.0. The molecule has 14 nitrogen and oxygen atoms in total. The third-order valence-electron chi connectivity index (χ3n) is 5.52. The van der Waals surface area contributed by atoms with Crippen LogP contribution in [0.2, 0.25) is 0 Å². The number of β-lactam (4-membered cyclic amide) rings is 1. The van der Waals surface area contributed by atoms with Crippen molar-refractivity contribution in [2.75, 3.05) is 18.6 Å². The van der Waals surface area contributed by atoms with E-state index in [1.807, 2.05) is 0 Å². The number of aromatic nitrogens is 4. The number of carboxylic acid groups (broad SMARTS) is 1. The number of amides is 2. The van der Waals surface area contributed by atoms with Crippen molar-refractivity contribution in [3.63, 3.8) is 0 Å². The summed E-state index contributed by atoms with van der Waals surface area (Å²) < 4.78 is 6.89. The van der Waals surface area contributed by atoms with Crippen LogP contribution in [0.25, 0.3) is 11.5 Å². The number of nitrogens with two attached hydrogens (primary N) is 1. The molecule has 16 heteroatoms. The molecular formula is C21H18N8O6S2. The van der Waals surface area contributed by atoms with E-state index in [9.17, 15) is 19.5 Å². The van der Waals surface area contributed by atoms with Crippen molar-refractivity contribution in [1.82, 2.24) is 25.2 Å². The maximum Gasteiger partial charge on any atom is 0.287 e. The van der Waals surface area contributed by atoms with Crippen molar-refractivity contribution in [3.05, 3.63) is 53.5 Å². The quantitative estimate of drug-likeness (QED) is 0.146. The number of carboxylic acids is 1. The Kier molecular flexibility index (Phi) is 6.58. The number of oxime groups is 1. The minimum atomic E-state index is -1.48. The average molecular weight is 543 g/mol. The summed E-state index contributed by atoms with van der Waals surface area (Å²) in [6, 6.07) is 0.732. The number of nitrogens with one attached hydrogen (secondary N) is 1. The lowest BCUT2D eigenvalue weighted by molar-refractivity contribution is -0.691. The second-order valence-corrected chi connectivity index (χ2v) is 9.77. The van der Waals surface area contributed by atoms with E-state index in [0.717, 1.165) is 16.2 Å². The van der Waals surface area contributed by atoms with E-state index < -0.39 is 29.2 Å². The Morgan fingerprint density at radius 2 is 2.30 bits per heavy atom. The Hall–Kier alpha value is -4.31. The lowest BCUT2D eigenvalue weighted by Gasteiger charge is -2.50. The first kappa shape index (κ1) is 24.4. The van der Waals surface area contributed by atoms with Gasteiger partial charge in [-0.15, -0.1) is 23.1 Å². The average Bonchev–Trinajstić information content (AvgIpc) is 3.58. The normalized spacial score (nSPS) is 19.3. The van der Waals surface area contributed by atoms with Crippen LogP contribution < -0.4 is 20.7 Å². The number of thiazole rings is 1. The van der Waals surface area contributed by atoms with Gasteiger partial charge < -0.3 is 30.2 Å². The van der Waals surface area contributed by atoms with Crippen LogP contribution in [0.3, 0.4) is 0 Å². The summed E-state index contributed by atoms with van der Waals surface area (Å²) in [6.45, 7) is 0.170. The molecule has 2 unspecified atom stereocenters. The van der Waals surface area contributed by atoms with Crippen molar-refractivity contribution in [3.8, 4) is 11.5 Å². The number of aliphatic carboxylic acids is 1. The minimum Gasteiger partial charge on any atom is -0.543 e. The molecule has 0 aromatic carbocycles. The molecule has 0 bridgehead atoms. The summed E-state index contributed by atoms with van der Waals surface area (Å²) in [4.78, 5) is 55.9. The fourth-order valence-corrected chi connectivity index (χ4v) is 5.76. The third-order valence-corrected chi connectivity index (χ3v) is 7.53. The zero-order valence-electron chi connectivity index (χ0n) is 19.1. The molecule has 0 saturated carbocycles. The van der Waals surface area contributed by atoms with Crippen molar-refractivity contribution < 1.29 is 33.3 Å². The zero-order chi connectivity index (χ0) is 26.1. The summed E-state index contributed by atoms with van der Waals surface area (Å²) in [5, 5.41) is 19.5. The van der Waals surface area contributed by atoms with Gasteiger partial charge >= 0.3 is 0 Å². The lowest BCUT2D eigenvalue weighted by Crippen LogP contribution is -2.71. The van der Waals surface area contributed by atoms with Crippen molar-refractivity contribution in [2.45, 2.75) is 18.0 Å². The number of hydrogen-bond acceptors (Lipinski definition) is 13. The first-order valence-corrected chi connectivity index (χ1v) is 12.6. The van der Waals surface area contributed by atoms with E-state index in [4.69, 9.17) is 15.0 Å². The summed E-state index contributed by atoms with van der Waals surface area (Å²) >= 11 is 2.44. The maximum atomic E-state index is 13.0. The smallest absolute Gasteiger partial charge is 0.287 e. The fraction of sp³-hybridized carbons (Fsp3) is 0.238. The number of carbonyl (C=O) groups excluding carboxylic acids is 3. The van der Waals surface area contributed by atoms with Crippen LogP contribution in [0.4, 0.5) is 5.13 Å². The van der Waals surface area contributed by atoms with Crippen molar-refractivity contribution in [2.24, 2.45) is 5.16 Å². The van der Waals surface area contributed by atoms with E-state index >= 15 is 0 Å². The van der Waals surface area contributed by atoms with Gasteiger partial charge in [-0.3, -0.25) is 14.5 Å². The van der Waals surface area contributed by atoms with E-state index in [1.165, 1.54) is 43.2 Å². The number of nitrogens with zero attached hydrogens (tertiary/aromatic N) is 6. The number of hydrogen-bond donors (Lipinski definition) is 2. The Labute approximate surface area is 216 Å². The molecule has 2 amide bonds. The highest BCUT2D eigenvalue weighted by Gasteiger charge is 2.53. The molecule has 1 fully saturated rings. The van der Waals surface area contributed by atoms with Gasteiger partial charge in [0.1, 0.15) is 30.8 Å². The van der Waals surface area contributed by atoms with E-state index in [0.29, 0.717) is 22.8 Å². The molecule has 3 N–H and O–H groups in total. The molecule has 2 aliphatic heterocycles. The Balaban J connectivity index is 1.32. The third kappa shape index (κ3) is 4.63. The Bertz CT molecular complexity index is 1420. The second-order valence-electron chi connectivity index (χ2n) is 7.78. The van der Waals surface area contributed by atoms with Crippen LogP contribution >= 0.6 is 23.1 Å². The standard InChI is InChI=1S/C21H18N8O6S2/c1-34-27-14(12-7-37-21(22)25-12)17(30)26-15-18(31)29-16(20(32)33)10(6-36-19(15)29)5-28-3-2-11(24-8-28)13-4-23-9-35-13/h2-4,7-9,15,19H,5-6H2,1H3,(H3-,22,25,26,30,32,33). The molecule has 5 rings (SSSR count). The van der Waals surface area contributed by atoms with Crippen LogP contribution in [-0.4, -0.2) is 67.6 Å². The first-order valence-electron chi connectivity index (χ1n) is 10.6.